The fraction of sp³-hybridized carbons (Fsp3) is 0.500. The highest BCUT2D eigenvalue weighted by atomic mass is 79.9. The molecule has 0 bridgehead atoms. The van der Waals surface area contributed by atoms with Crippen LogP contribution < -0.4 is 11.1 Å². The van der Waals surface area contributed by atoms with Gasteiger partial charge in [-0.25, -0.2) is 0 Å². The van der Waals surface area contributed by atoms with E-state index in [1.807, 2.05) is 19.2 Å². The molecule has 1 atom stereocenters. The SMILES string of the molecule is CNc1ccc(CCC(Br)N(C)C)cc1N. The van der Waals surface area contributed by atoms with Gasteiger partial charge in [0.25, 0.3) is 0 Å². The molecule has 3 N–H and O–H groups in total. The van der Waals surface area contributed by atoms with Crippen molar-refractivity contribution in [3.8, 4) is 0 Å². The van der Waals surface area contributed by atoms with Crippen LogP contribution in [0.1, 0.15) is 12.0 Å². The monoisotopic (exact) mass is 285 g/mol. The van der Waals surface area contributed by atoms with E-state index in [0.717, 1.165) is 24.2 Å². The van der Waals surface area contributed by atoms with Crippen LogP contribution >= 0.6 is 15.9 Å². The average Bonchev–Trinajstić information content (AvgIpc) is 2.25. The minimum Gasteiger partial charge on any atom is -0.397 e. The third-order valence-electron chi connectivity index (χ3n) is 2.62. The Bertz CT molecular complexity index is 339. The molecule has 4 heteroatoms. The molecule has 0 heterocycles. The van der Waals surface area contributed by atoms with E-state index in [4.69, 9.17) is 5.73 Å². The molecular formula is C12H20BrN3. The fourth-order valence-electron chi connectivity index (χ4n) is 1.54. The molecular weight excluding hydrogens is 266 g/mol. The second-order valence-electron chi connectivity index (χ2n) is 4.11. The fourth-order valence-corrected chi connectivity index (χ4v) is 1.77. The molecule has 1 rings (SSSR count). The summed E-state index contributed by atoms with van der Waals surface area (Å²) in [5.41, 5.74) is 9.00. The van der Waals surface area contributed by atoms with Crippen molar-refractivity contribution in [3.63, 3.8) is 0 Å². The second kappa shape index (κ2) is 6.11. The number of nitrogens with zero attached hydrogens (tertiary/aromatic N) is 1. The van der Waals surface area contributed by atoms with Gasteiger partial charge in [0, 0.05) is 7.05 Å². The molecule has 0 amide bonds. The number of aryl methyl sites for hydroxylation is 1. The summed E-state index contributed by atoms with van der Waals surface area (Å²) in [7, 11) is 6.02. The van der Waals surface area contributed by atoms with E-state index in [2.05, 4.69) is 46.3 Å². The van der Waals surface area contributed by atoms with Crippen molar-refractivity contribution in [2.75, 3.05) is 32.2 Å². The highest BCUT2D eigenvalue weighted by Gasteiger charge is 2.07. The first-order chi connectivity index (χ1) is 7.54. The lowest BCUT2D eigenvalue weighted by molar-refractivity contribution is 0.374. The maximum Gasteiger partial charge on any atom is 0.0653 e. The Balaban J connectivity index is 2.58. The third kappa shape index (κ3) is 3.68. The van der Waals surface area contributed by atoms with Crippen LogP contribution in [-0.2, 0) is 6.42 Å². The minimum atomic E-state index is 0.415. The quantitative estimate of drug-likeness (QED) is 0.496. The Hall–Kier alpha value is -0.740. The molecule has 3 nitrogen and oxygen atoms in total. The van der Waals surface area contributed by atoms with Gasteiger partial charge >= 0.3 is 0 Å². The van der Waals surface area contributed by atoms with Crippen LogP contribution in [0.3, 0.4) is 0 Å². The van der Waals surface area contributed by atoms with Crippen molar-refractivity contribution in [2.24, 2.45) is 0 Å². The molecule has 0 aromatic heterocycles. The number of rotatable bonds is 5. The Morgan fingerprint density at radius 2 is 2.12 bits per heavy atom. The number of anilines is 2. The highest BCUT2D eigenvalue weighted by Crippen LogP contribution is 2.21. The number of alkyl halides is 1. The predicted molar refractivity (Wildman–Crippen MR) is 75.1 cm³/mol. The molecule has 0 aliphatic rings. The summed E-state index contributed by atoms with van der Waals surface area (Å²) in [6, 6.07) is 6.20. The van der Waals surface area contributed by atoms with Gasteiger partial charge in [-0.15, -0.1) is 0 Å². The van der Waals surface area contributed by atoms with E-state index in [1.165, 1.54) is 5.56 Å². The third-order valence-corrected chi connectivity index (χ3v) is 3.89. The lowest BCUT2D eigenvalue weighted by Crippen LogP contribution is -2.22. The van der Waals surface area contributed by atoms with Crippen molar-refractivity contribution in [2.45, 2.75) is 17.8 Å². The summed E-state index contributed by atoms with van der Waals surface area (Å²) in [6.45, 7) is 0. The van der Waals surface area contributed by atoms with Crippen LogP contribution in [-0.4, -0.2) is 31.0 Å². The minimum absolute atomic E-state index is 0.415. The Morgan fingerprint density at radius 3 is 2.62 bits per heavy atom. The summed E-state index contributed by atoms with van der Waals surface area (Å²) in [6.07, 6.45) is 2.10. The molecule has 1 unspecified atom stereocenters. The molecule has 0 aliphatic carbocycles. The van der Waals surface area contributed by atoms with Crippen LogP contribution in [0.4, 0.5) is 11.4 Å². The van der Waals surface area contributed by atoms with Crippen molar-refractivity contribution >= 4 is 27.3 Å². The largest absolute Gasteiger partial charge is 0.397 e. The van der Waals surface area contributed by atoms with Crippen LogP contribution in [0.15, 0.2) is 18.2 Å². The van der Waals surface area contributed by atoms with E-state index >= 15 is 0 Å². The molecule has 0 aliphatic heterocycles. The van der Waals surface area contributed by atoms with Gasteiger partial charge in [0.15, 0.2) is 0 Å². The van der Waals surface area contributed by atoms with Crippen LogP contribution in [0.25, 0.3) is 0 Å². The summed E-state index contributed by atoms with van der Waals surface area (Å²) in [5, 5.41) is 3.06. The number of nitrogen functional groups attached to an aromatic ring is 1. The van der Waals surface area contributed by atoms with E-state index in [9.17, 15) is 0 Å². The Morgan fingerprint density at radius 1 is 1.44 bits per heavy atom. The van der Waals surface area contributed by atoms with E-state index < -0.39 is 0 Å². The predicted octanol–water partition coefficient (Wildman–Crippen LogP) is 2.53. The molecule has 1 aromatic rings. The number of nitrogens with two attached hydrogens (primary N) is 1. The van der Waals surface area contributed by atoms with Gasteiger partial charge in [-0.3, -0.25) is 4.90 Å². The van der Waals surface area contributed by atoms with Crippen LogP contribution in [0.2, 0.25) is 0 Å². The molecule has 0 fully saturated rings. The van der Waals surface area contributed by atoms with Crippen molar-refractivity contribution in [1.29, 1.82) is 0 Å². The first kappa shape index (κ1) is 13.3. The molecule has 0 spiro atoms. The maximum absolute atomic E-state index is 5.91. The number of halogens is 1. The molecule has 90 valence electrons. The zero-order chi connectivity index (χ0) is 12.1. The molecule has 0 saturated carbocycles. The first-order valence-electron chi connectivity index (χ1n) is 5.41. The summed E-state index contributed by atoms with van der Waals surface area (Å²) >= 11 is 3.63. The zero-order valence-electron chi connectivity index (χ0n) is 10.1. The second-order valence-corrected chi connectivity index (χ2v) is 5.17. The van der Waals surface area contributed by atoms with E-state index in [1.54, 1.807) is 0 Å². The lowest BCUT2D eigenvalue weighted by Gasteiger charge is -2.17. The molecule has 0 radical (unpaired) electrons. The average molecular weight is 286 g/mol. The number of benzene rings is 1. The van der Waals surface area contributed by atoms with Gasteiger partial charge < -0.3 is 11.1 Å². The van der Waals surface area contributed by atoms with Crippen molar-refractivity contribution < 1.29 is 0 Å². The maximum atomic E-state index is 5.91. The zero-order valence-corrected chi connectivity index (χ0v) is 11.7. The summed E-state index contributed by atoms with van der Waals surface area (Å²) < 4.78 is 0. The summed E-state index contributed by atoms with van der Waals surface area (Å²) in [4.78, 5) is 2.57. The Labute approximate surface area is 106 Å². The lowest BCUT2D eigenvalue weighted by atomic mass is 10.1. The van der Waals surface area contributed by atoms with Gasteiger partial charge in [-0.2, -0.15) is 0 Å². The smallest absolute Gasteiger partial charge is 0.0653 e. The molecule has 1 aromatic carbocycles. The van der Waals surface area contributed by atoms with Crippen molar-refractivity contribution in [1.82, 2.24) is 4.90 Å². The molecule has 16 heavy (non-hydrogen) atoms. The summed E-state index contributed by atoms with van der Waals surface area (Å²) in [5.74, 6) is 0. The van der Waals surface area contributed by atoms with Gasteiger partial charge in [0.2, 0.25) is 0 Å². The standard InChI is InChI=1S/C12H20BrN3/c1-15-11-6-4-9(8-10(11)14)5-7-12(13)16(2)3/h4,6,8,12,15H,5,7,14H2,1-3H3. The number of hydrogen-bond acceptors (Lipinski definition) is 3. The Kier molecular flexibility index (Phi) is 5.09. The van der Waals surface area contributed by atoms with Gasteiger partial charge in [0.05, 0.1) is 16.3 Å². The molecule has 0 saturated heterocycles. The van der Waals surface area contributed by atoms with Crippen LogP contribution in [0.5, 0.6) is 0 Å². The van der Waals surface area contributed by atoms with Gasteiger partial charge in [0.1, 0.15) is 0 Å². The normalized spacial score (nSPS) is 12.8. The number of nitrogens with one attached hydrogen (secondary N) is 1. The van der Waals surface area contributed by atoms with Gasteiger partial charge in [-0.05, 0) is 44.6 Å². The first-order valence-corrected chi connectivity index (χ1v) is 6.33. The number of hydrogen-bond donors (Lipinski definition) is 2. The van der Waals surface area contributed by atoms with Gasteiger partial charge in [-0.1, -0.05) is 22.0 Å². The van der Waals surface area contributed by atoms with E-state index in [-0.39, 0.29) is 0 Å². The van der Waals surface area contributed by atoms with Crippen LogP contribution in [0, 0.1) is 0 Å². The van der Waals surface area contributed by atoms with E-state index in [0.29, 0.717) is 4.95 Å². The van der Waals surface area contributed by atoms with Crippen molar-refractivity contribution in [3.05, 3.63) is 23.8 Å². The highest BCUT2D eigenvalue weighted by molar-refractivity contribution is 9.09. The topological polar surface area (TPSA) is 41.3 Å².